The Morgan fingerprint density at radius 2 is 2.29 bits per heavy atom. The summed E-state index contributed by atoms with van der Waals surface area (Å²) in [4.78, 5) is 8.04. The zero-order valence-corrected chi connectivity index (χ0v) is 9.56. The van der Waals surface area contributed by atoms with Crippen LogP contribution in [0, 0.1) is 6.92 Å². The highest BCUT2D eigenvalue weighted by atomic mass is 32.2. The molecule has 78 valence electrons. The first-order valence-electron chi connectivity index (χ1n) is 4.49. The summed E-state index contributed by atoms with van der Waals surface area (Å²) >= 11 is 1.82. The number of anilines is 2. The van der Waals surface area contributed by atoms with Crippen molar-refractivity contribution in [3.63, 3.8) is 0 Å². The Labute approximate surface area is 88.7 Å². The number of nitrogen functional groups attached to an aromatic ring is 1. The minimum absolute atomic E-state index is 0.541. The van der Waals surface area contributed by atoms with Crippen molar-refractivity contribution in [3.05, 3.63) is 11.9 Å². The van der Waals surface area contributed by atoms with Crippen LogP contribution in [-0.4, -0.2) is 28.0 Å². The summed E-state index contributed by atoms with van der Waals surface area (Å²) in [6, 6.07) is 0. The van der Waals surface area contributed by atoms with Crippen LogP contribution in [-0.2, 0) is 0 Å². The van der Waals surface area contributed by atoms with E-state index in [0.717, 1.165) is 17.9 Å². The number of nitrogens with one attached hydrogen (secondary N) is 1. The fraction of sp³-hybridized carbons (Fsp3) is 0.556. The second kappa shape index (κ2) is 5.05. The van der Waals surface area contributed by atoms with Gasteiger partial charge in [0.05, 0.1) is 0 Å². The van der Waals surface area contributed by atoms with Crippen LogP contribution < -0.4 is 11.1 Å². The predicted octanol–water partition coefficient (Wildman–Crippen LogP) is 1.53. The number of hydrogen-bond acceptors (Lipinski definition) is 5. The smallest absolute Gasteiger partial charge is 0.134 e. The Bertz CT molecular complexity index is 303. The third-order valence-corrected chi connectivity index (χ3v) is 3.05. The minimum atomic E-state index is 0.541. The van der Waals surface area contributed by atoms with E-state index in [2.05, 4.69) is 28.5 Å². The third-order valence-electron chi connectivity index (χ3n) is 2.08. The molecule has 1 rings (SSSR count). The van der Waals surface area contributed by atoms with Crippen LogP contribution in [0.1, 0.15) is 12.5 Å². The van der Waals surface area contributed by atoms with E-state index in [1.807, 2.05) is 18.7 Å². The summed E-state index contributed by atoms with van der Waals surface area (Å²) in [5.74, 6) is 1.37. The molecule has 14 heavy (non-hydrogen) atoms. The SMILES string of the molecule is CSC(C)CNc1ncnc(N)c1C. The standard InChI is InChI=1S/C9H16N4S/c1-6(14-3)4-11-9-7(2)8(10)12-5-13-9/h5-6H,4H2,1-3H3,(H3,10,11,12,13). The summed E-state index contributed by atoms with van der Waals surface area (Å²) < 4.78 is 0. The van der Waals surface area contributed by atoms with Crippen molar-refractivity contribution in [2.45, 2.75) is 19.1 Å². The van der Waals surface area contributed by atoms with Gasteiger partial charge in [-0.25, -0.2) is 9.97 Å². The maximum atomic E-state index is 5.66. The first-order chi connectivity index (χ1) is 6.65. The van der Waals surface area contributed by atoms with Crippen molar-refractivity contribution in [2.75, 3.05) is 23.9 Å². The maximum Gasteiger partial charge on any atom is 0.134 e. The van der Waals surface area contributed by atoms with Crippen LogP contribution in [0.5, 0.6) is 0 Å². The van der Waals surface area contributed by atoms with E-state index in [4.69, 9.17) is 5.73 Å². The molecule has 0 radical (unpaired) electrons. The van der Waals surface area contributed by atoms with E-state index < -0.39 is 0 Å². The molecule has 0 amide bonds. The second-order valence-electron chi connectivity index (χ2n) is 3.16. The summed E-state index contributed by atoms with van der Waals surface area (Å²) in [5.41, 5.74) is 6.58. The summed E-state index contributed by atoms with van der Waals surface area (Å²) in [6.07, 6.45) is 3.57. The quantitative estimate of drug-likeness (QED) is 0.792. The monoisotopic (exact) mass is 212 g/mol. The van der Waals surface area contributed by atoms with Gasteiger partial charge in [-0.05, 0) is 13.2 Å². The van der Waals surface area contributed by atoms with Gasteiger partial charge in [0.15, 0.2) is 0 Å². The van der Waals surface area contributed by atoms with Crippen molar-refractivity contribution >= 4 is 23.4 Å². The molecular formula is C9H16N4S. The molecule has 0 aromatic carbocycles. The van der Waals surface area contributed by atoms with Crippen molar-refractivity contribution < 1.29 is 0 Å². The van der Waals surface area contributed by atoms with Gasteiger partial charge in [0, 0.05) is 17.4 Å². The van der Waals surface area contributed by atoms with Crippen LogP contribution in [0.3, 0.4) is 0 Å². The first kappa shape index (κ1) is 11.1. The Morgan fingerprint density at radius 1 is 1.57 bits per heavy atom. The lowest BCUT2D eigenvalue weighted by atomic mass is 10.3. The zero-order chi connectivity index (χ0) is 10.6. The second-order valence-corrected chi connectivity index (χ2v) is 4.44. The highest BCUT2D eigenvalue weighted by molar-refractivity contribution is 7.99. The Hall–Kier alpha value is -0.970. The van der Waals surface area contributed by atoms with Crippen molar-refractivity contribution in [1.29, 1.82) is 0 Å². The number of aromatic nitrogens is 2. The molecule has 0 bridgehead atoms. The highest BCUT2D eigenvalue weighted by Crippen LogP contribution is 2.15. The van der Waals surface area contributed by atoms with E-state index in [0.29, 0.717) is 11.1 Å². The van der Waals surface area contributed by atoms with Crippen LogP contribution in [0.15, 0.2) is 6.33 Å². The van der Waals surface area contributed by atoms with Crippen LogP contribution >= 0.6 is 11.8 Å². The Kier molecular flexibility index (Phi) is 4.00. The van der Waals surface area contributed by atoms with Gasteiger partial charge >= 0.3 is 0 Å². The lowest BCUT2D eigenvalue weighted by Gasteiger charge is -2.12. The van der Waals surface area contributed by atoms with E-state index in [9.17, 15) is 0 Å². The third kappa shape index (κ3) is 2.77. The average molecular weight is 212 g/mol. The maximum absolute atomic E-state index is 5.66. The Balaban J connectivity index is 2.63. The molecule has 0 saturated heterocycles. The molecule has 3 N–H and O–H groups in total. The topological polar surface area (TPSA) is 63.8 Å². The van der Waals surface area contributed by atoms with Crippen LogP contribution in [0.2, 0.25) is 0 Å². The zero-order valence-electron chi connectivity index (χ0n) is 8.74. The number of hydrogen-bond donors (Lipinski definition) is 2. The summed E-state index contributed by atoms with van der Waals surface area (Å²) in [5, 5.41) is 3.81. The fourth-order valence-corrected chi connectivity index (χ4v) is 1.22. The molecule has 1 heterocycles. The van der Waals surface area contributed by atoms with E-state index in [-0.39, 0.29) is 0 Å². The van der Waals surface area contributed by atoms with Gasteiger partial charge in [-0.1, -0.05) is 6.92 Å². The number of rotatable bonds is 4. The molecule has 4 nitrogen and oxygen atoms in total. The van der Waals surface area contributed by atoms with Gasteiger partial charge in [-0.15, -0.1) is 0 Å². The molecule has 1 atom stereocenters. The van der Waals surface area contributed by atoms with Gasteiger partial charge in [-0.2, -0.15) is 11.8 Å². The largest absolute Gasteiger partial charge is 0.383 e. The number of thioether (sulfide) groups is 1. The van der Waals surface area contributed by atoms with E-state index >= 15 is 0 Å². The molecule has 1 aromatic rings. The minimum Gasteiger partial charge on any atom is -0.383 e. The molecule has 1 unspecified atom stereocenters. The molecular weight excluding hydrogens is 196 g/mol. The molecule has 0 fully saturated rings. The average Bonchev–Trinajstić information content (AvgIpc) is 2.20. The van der Waals surface area contributed by atoms with Gasteiger partial charge in [-0.3, -0.25) is 0 Å². The number of nitrogens with two attached hydrogens (primary N) is 1. The normalized spacial score (nSPS) is 12.5. The predicted molar refractivity (Wildman–Crippen MR) is 62.6 cm³/mol. The molecule has 0 aliphatic heterocycles. The molecule has 0 aliphatic carbocycles. The van der Waals surface area contributed by atoms with Crippen molar-refractivity contribution in [3.8, 4) is 0 Å². The molecule has 1 aromatic heterocycles. The van der Waals surface area contributed by atoms with E-state index in [1.165, 1.54) is 6.33 Å². The molecule has 5 heteroatoms. The lowest BCUT2D eigenvalue weighted by molar-refractivity contribution is 0.980. The van der Waals surface area contributed by atoms with Crippen molar-refractivity contribution in [2.24, 2.45) is 0 Å². The molecule has 0 saturated carbocycles. The van der Waals surface area contributed by atoms with Gasteiger partial charge < -0.3 is 11.1 Å². The fourth-order valence-electron chi connectivity index (χ4n) is 0.966. The first-order valence-corrected chi connectivity index (χ1v) is 5.77. The van der Waals surface area contributed by atoms with Gasteiger partial charge in [0.25, 0.3) is 0 Å². The van der Waals surface area contributed by atoms with Crippen LogP contribution in [0.4, 0.5) is 11.6 Å². The van der Waals surface area contributed by atoms with Gasteiger partial charge in [0.2, 0.25) is 0 Å². The van der Waals surface area contributed by atoms with Crippen LogP contribution in [0.25, 0.3) is 0 Å². The Morgan fingerprint density at radius 3 is 2.93 bits per heavy atom. The lowest BCUT2D eigenvalue weighted by Crippen LogP contribution is -2.15. The highest BCUT2D eigenvalue weighted by Gasteiger charge is 2.05. The number of nitrogens with zero attached hydrogens (tertiary/aromatic N) is 2. The molecule has 0 aliphatic rings. The van der Waals surface area contributed by atoms with Crippen molar-refractivity contribution in [1.82, 2.24) is 9.97 Å². The summed E-state index contributed by atoms with van der Waals surface area (Å²) in [7, 11) is 0. The van der Waals surface area contributed by atoms with Gasteiger partial charge in [0.1, 0.15) is 18.0 Å². The summed E-state index contributed by atoms with van der Waals surface area (Å²) in [6.45, 7) is 4.97. The van der Waals surface area contributed by atoms with E-state index in [1.54, 1.807) is 0 Å². The molecule has 0 spiro atoms.